The Morgan fingerprint density at radius 1 is 1.44 bits per heavy atom. The molecule has 0 unspecified atom stereocenters. The average Bonchev–Trinajstić information content (AvgIpc) is 2.58. The smallest absolute Gasteiger partial charge is 0.219 e. The second kappa shape index (κ2) is 3.61. The lowest BCUT2D eigenvalue weighted by Crippen LogP contribution is -2.36. The molecule has 1 amide bonds. The molecular formula is C12H19N3O. The third-order valence-corrected chi connectivity index (χ3v) is 3.02. The van der Waals surface area contributed by atoms with E-state index in [4.69, 9.17) is 0 Å². The molecule has 0 aliphatic carbocycles. The Morgan fingerprint density at radius 2 is 2.12 bits per heavy atom. The topological polar surface area (TPSA) is 38.1 Å². The maximum Gasteiger partial charge on any atom is 0.219 e. The highest BCUT2D eigenvalue weighted by atomic mass is 16.2. The van der Waals surface area contributed by atoms with E-state index >= 15 is 0 Å². The van der Waals surface area contributed by atoms with Crippen molar-refractivity contribution < 1.29 is 4.79 Å². The summed E-state index contributed by atoms with van der Waals surface area (Å²) in [5.41, 5.74) is 2.49. The Labute approximate surface area is 96.2 Å². The number of rotatable bonds is 0. The van der Waals surface area contributed by atoms with E-state index in [1.54, 1.807) is 6.92 Å². The van der Waals surface area contributed by atoms with Gasteiger partial charge in [0.2, 0.25) is 5.91 Å². The van der Waals surface area contributed by atoms with Crippen molar-refractivity contribution in [1.82, 2.24) is 14.7 Å². The van der Waals surface area contributed by atoms with E-state index in [-0.39, 0.29) is 11.4 Å². The zero-order chi connectivity index (χ0) is 11.9. The maximum absolute atomic E-state index is 11.3. The molecule has 1 aromatic rings. The Hall–Kier alpha value is -1.32. The second-order valence-electron chi connectivity index (χ2n) is 5.39. The lowest BCUT2D eigenvalue weighted by Gasteiger charge is -2.29. The fourth-order valence-corrected chi connectivity index (χ4v) is 2.18. The fraction of sp³-hybridized carbons (Fsp3) is 0.667. The van der Waals surface area contributed by atoms with Crippen molar-refractivity contribution in [2.75, 3.05) is 6.54 Å². The summed E-state index contributed by atoms with van der Waals surface area (Å²) in [5.74, 6) is 0.147. The van der Waals surface area contributed by atoms with Gasteiger partial charge in [0.25, 0.3) is 0 Å². The van der Waals surface area contributed by atoms with Gasteiger partial charge in [-0.2, -0.15) is 5.10 Å². The Bertz CT molecular complexity index is 414. The molecule has 2 rings (SSSR count). The van der Waals surface area contributed by atoms with Gasteiger partial charge in [-0.05, 0) is 20.8 Å². The number of carbonyl (C=O) groups is 1. The highest BCUT2D eigenvalue weighted by molar-refractivity contribution is 5.73. The summed E-state index contributed by atoms with van der Waals surface area (Å²) in [6.07, 6.45) is 2.81. The lowest BCUT2D eigenvalue weighted by atomic mass is 10.0. The van der Waals surface area contributed by atoms with Crippen molar-refractivity contribution in [2.24, 2.45) is 0 Å². The first-order valence-electron chi connectivity index (χ1n) is 5.71. The van der Waals surface area contributed by atoms with Crippen molar-refractivity contribution >= 4 is 5.91 Å². The predicted molar refractivity (Wildman–Crippen MR) is 62.0 cm³/mol. The summed E-state index contributed by atoms with van der Waals surface area (Å²) in [5, 5.41) is 4.44. The number of nitrogens with zero attached hydrogens (tertiary/aromatic N) is 3. The van der Waals surface area contributed by atoms with Crippen molar-refractivity contribution in [3.8, 4) is 0 Å². The number of aromatic nitrogens is 2. The van der Waals surface area contributed by atoms with Crippen LogP contribution in [0.3, 0.4) is 0 Å². The molecule has 2 heterocycles. The minimum Gasteiger partial charge on any atom is -0.338 e. The highest BCUT2D eigenvalue weighted by Gasteiger charge is 2.26. The van der Waals surface area contributed by atoms with Crippen molar-refractivity contribution in [2.45, 2.75) is 46.2 Å². The molecule has 0 radical (unpaired) electrons. The van der Waals surface area contributed by atoms with E-state index in [0.29, 0.717) is 6.54 Å². The molecule has 1 aromatic heterocycles. The van der Waals surface area contributed by atoms with E-state index in [1.165, 1.54) is 11.3 Å². The molecule has 0 saturated carbocycles. The van der Waals surface area contributed by atoms with Crippen LogP contribution in [0.15, 0.2) is 6.20 Å². The number of carbonyl (C=O) groups excluding carboxylic acids is 1. The van der Waals surface area contributed by atoms with Gasteiger partial charge in [-0.25, -0.2) is 0 Å². The number of amides is 1. The van der Waals surface area contributed by atoms with Crippen LogP contribution in [0.4, 0.5) is 0 Å². The first-order valence-corrected chi connectivity index (χ1v) is 5.71. The summed E-state index contributed by atoms with van der Waals surface area (Å²) in [6.45, 7) is 9.59. The maximum atomic E-state index is 11.3. The van der Waals surface area contributed by atoms with Crippen LogP contribution in [0, 0.1) is 0 Å². The van der Waals surface area contributed by atoms with Gasteiger partial charge in [-0.3, -0.25) is 9.48 Å². The molecule has 0 bridgehead atoms. The van der Waals surface area contributed by atoms with Gasteiger partial charge in [-0.1, -0.05) is 0 Å². The van der Waals surface area contributed by atoms with Gasteiger partial charge < -0.3 is 4.90 Å². The van der Waals surface area contributed by atoms with Crippen LogP contribution in [0.25, 0.3) is 0 Å². The molecule has 0 N–H and O–H groups in total. The predicted octanol–water partition coefficient (Wildman–Crippen LogP) is 1.54. The molecule has 0 saturated heterocycles. The average molecular weight is 221 g/mol. The minimum absolute atomic E-state index is 0.0198. The standard InChI is InChI=1S/C12H19N3O/c1-9(16)14-6-5-11-10(8-14)7-13-15(11)12(2,3)4/h7H,5-6,8H2,1-4H3. The first-order chi connectivity index (χ1) is 7.39. The van der Waals surface area contributed by atoms with Gasteiger partial charge in [0, 0.05) is 37.7 Å². The zero-order valence-corrected chi connectivity index (χ0v) is 10.4. The van der Waals surface area contributed by atoms with Crippen LogP contribution >= 0.6 is 0 Å². The van der Waals surface area contributed by atoms with Gasteiger partial charge in [0.15, 0.2) is 0 Å². The SMILES string of the molecule is CC(=O)N1CCc2c(cnn2C(C)(C)C)C1. The minimum atomic E-state index is 0.0198. The van der Waals surface area contributed by atoms with Crippen LogP contribution in [0.5, 0.6) is 0 Å². The van der Waals surface area contributed by atoms with Crippen molar-refractivity contribution in [3.05, 3.63) is 17.5 Å². The van der Waals surface area contributed by atoms with Crippen LogP contribution in [0.2, 0.25) is 0 Å². The lowest BCUT2D eigenvalue weighted by molar-refractivity contribution is -0.129. The molecule has 0 atom stereocenters. The number of fused-ring (bicyclic) bond motifs is 1. The van der Waals surface area contributed by atoms with Crippen LogP contribution in [-0.4, -0.2) is 27.1 Å². The van der Waals surface area contributed by atoms with Gasteiger partial charge in [0.05, 0.1) is 11.7 Å². The van der Waals surface area contributed by atoms with E-state index < -0.39 is 0 Å². The number of hydrogen-bond donors (Lipinski definition) is 0. The van der Waals surface area contributed by atoms with Gasteiger partial charge in [-0.15, -0.1) is 0 Å². The second-order valence-corrected chi connectivity index (χ2v) is 5.39. The van der Waals surface area contributed by atoms with Crippen LogP contribution in [-0.2, 0) is 23.3 Å². The Kier molecular flexibility index (Phi) is 2.52. The van der Waals surface area contributed by atoms with E-state index in [9.17, 15) is 4.79 Å². The zero-order valence-electron chi connectivity index (χ0n) is 10.4. The van der Waals surface area contributed by atoms with Crippen molar-refractivity contribution in [1.29, 1.82) is 0 Å². The molecular weight excluding hydrogens is 202 g/mol. The van der Waals surface area contributed by atoms with Crippen molar-refractivity contribution in [3.63, 3.8) is 0 Å². The van der Waals surface area contributed by atoms with E-state index in [2.05, 4.69) is 30.6 Å². The quantitative estimate of drug-likeness (QED) is 0.666. The molecule has 4 heteroatoms. The Morgan fingerprint density at radius 3 is 2.69 bits per heavy atom. The van der Waals surface area contributed by atoms with Crippen LogP contribution < -0.4 is 0 Å². The molecule has 4 nitrogen and oxygen atoms in total. The molecule has 0 spiro atoms. The molecule has 0 fully saturated rings. The van der Waals surface area contributed by atoms with E-state index in [0.717, 1.165) is 13.0 Å². The third kappa shape index (κ3) is 1.84. The summed E-state index contributed by atoms with van der Waals surface area (Å²) >= 11 is 0. The first kappa shape index (κ1) is 11.2. The normalized spacial score (nSPS) is 16.1. The molecule has 0 aromatic carbocycles. The highest BCUT2D eigenvalue weighted by Crippen LogP contribution is 2.24. The number of hydrogen-bond acceptors (Lipinski definition) is 2. The molecule has 1 aliphatic rings. The monoisotopic (exact) mass is 221 g/mol. The fourth-order valence-electron chi connectivity index (χ4n) is 2.18. The molecule has 16 heavy (non-hydrogen) atoms. The van der Waals surface area contributed by atoms with Gasteiger partial charge >= 0.3 is 0 Å². The Balaban J connectivity index is 2.31. The van der Waals surface area contributed by atoms with Crippen LogP contribution in [0.1, 0.15) is 39.0 Å². The molecule has 88 valence electrons. The summed E-state index contributed by atoms with van der Waals surface area (Å²) < 4.78 is 2.08. The van der Waals surface area contributed by atoms with Gasteiger partial charge in [0.1, 0.15) is 0 Å². The largest absolute Gasteiger partial charge is 0.338 e. The summed E-state index contributed by atoms with van der Waals surface area (Å²) in [4.78, 5) is 13.2. The third-order valence-electron chi connectivity index (χ3n) is 3.02. The van der Waals surface area contributed by atoms with E-state index in [1.807, 2.05) is 11.1 Å². The summed E-state index contributed by atoms with van der Waals surface area (Å²) in [7, 11) is 0. The molecule has 1 aliphatic heterocycles. The summed E-state index contributed by atoms with van der Waals surface area (Å²) in [6, 6.07) is 0.